The molecule has 0 radical (unpaired) electrons. The van der Waals surface area contributed by atoms with Crippen molar-refractivity contribution in [3.05, 3.63) is 77.6 Å². The number of hydrogen-bond acceptors (Lipinski definition) is 12. The van der Waals surface area contributed by atoms with Crippen LogP contribution in [-0.2, 0) is 14.3 Å². The van der Waals surface area contributed by atoms with Gasteiger partial charge in [0.25, 0.3) is 5.91 Å². The monoisotopic (exact) mass is 794 g/mol. The van der Waals surface area contributed by atoms with E-state index in [1.807, 2.05) is 4.90 Å². The summed E-state index contributed by atoms with van der Waals surface area (Å²) in [6, 6.07) is 13.6. The molecule has 2 aromatic carbocycles. The number of hydrogen-bond donors (Lipinski definition) is 4. The lowest BCUT2D eigenvalue weighted by Crippen LogP contribution is -2.41. The second kappa shape index (κ2) is 16.0. The predicted octanol–water partition coefficient (Wildman–Crippen LogP) is 4.71. The van der Waals surface area contributed by atoms with Crippen LogP contribution < -0.4 is 26.0 Å². The number of aromatic nitrogens is 4. The molecular formula is C38H41F3N8O6S. The fraction of sp³-hybridized carbons (Fsp3) is 0.421. The summed E-state index contributed by atoms with van der Waals surface area (Å²) in [6.45, 7) is 4.08. The summed E-state index contributed by atoms with van der Waals surface area (Å²) in [5.41, 5.74) is 7.95. The lowest BCUT2D eigenvalue weighted by molar-refractivity contribution is -0.198. The maximum Gasteiger partial charge on any atom is 0.429 e. The highest BCUT2D eigenvalue weighted by Crippen LogP contribution is 2.43. The highest BCUT2D eigenvalue weighted by atomic mass is 32.2. The number of benzene rings is 2. The Balaban J connectivity index is 1.09. The number of nitrogen functional groups attached to an aromatic ring is 1. The number of thioether (sulfide) groups is 1. The molecule has 296 valence electrons. The van der Waals surface area contributed by atoms with Gasteiger partial charge in [0.05, 0.1) is 18.0 Å². The fourth-order valence-electron chi connectivity index (χ4n) is 7.37. The smallest absolute Gasteiger partial charge is 0.429 e. The number of anilines is 2. The maximum atomic E-state index is 15.0. The number of rotatable bonds is 12. The molecule has 3 aliphatic rings. The highest BCUT2D eigenvalue weighted by molar-refractivity contribution is 8.00. The molecule has 2 unspecified atom stereocenters. The van der Waals surface area contributed by atoms with Crippen molar-refractivity contribution < 1.29 is 42.1 Å². The molecule has 18 heteroatoms. The Kier molecular flexibility index (Phi) is 11.1. The topological polar surface area (TPSA) is 187 Å². The number of cyclic esters (lactones) is 1. The first-order chi connectivity index (χ1) is 26.8. The van der Waals surface area contributed by atoms with Gasteiger partial charge in [-0.05, 0) is 67.0 Å². The number of carboxylic acid groups (broad SMARTS) is 1. The van der Waals surface area contributed by atoms with Crippen molar-refractivity contribution in [2.45, 2.75) is 56.2 Å². The SMILES string of the molecule is Cc1ccn(-c2cc(-c3ccc(C(=O)NCCSC4CCOC4=O)cc3)ccc2[C@@H](Oc2cc(N3CCC4(CC3)CNC(C(=O)O)C4)nc(N)n2)C(F)(F)F)n1. The molecule has 4 aromatic rings. The molecule has 14 nitrogen and oxygen atoms in total. The van der Waals surface area contributed by atoms with Crippen molar-refractivity contribution in [2.24, 2.45) is 5.41 Å². The maximum absolute atomic E-state index is 15.0. The van der Waals surface area contributed by atoms with Crippen molar-refractivity contribution in [1.29, 1.82) is 0 Å². The van der Waals surface area contributed by atoms with Gasteiger partial charge >= 0.3 is 18.1 Å². The number of aliphatic carboxylic acids is 1. The Morgan fingerprint density at radius 3 is 2.52 bits per heavy atom. The van der Waals surface area contributed by atoms with E-state index in [1.54, 1.807) is 55.6 Å². The van der Waals surface area contributed by atoms with E-state index < -0.39 is 24.3 Å². The Labute approximate surface area is 324 Å². The molecule has 5 heterocycles. The zero-order valence-electron chi connectivity index (χ0n) is 30.4. The van der Waals surface area contributed by atoms with Gasteiger partial charge in [-0.1, -0.05) is 24.3 Å². The third-order valence-electron chi connectivity index (χ3n) is 10.4. The van der Waals surface area contributed by atoms with Crippen LogP contribution in [0.2, 0.25) is 0 Å². The number of ether oxygens (including phenoxy) is 2. The molecular weight excluding hydrogens is 754 g/mol. The summed E-state index contributed by atoms with van der Waals surface area (Å²) in [4.78, 5) is 46.2. The van der Waals surface area contributed by atoms with E-state index in [4.69, 9.17) is 15.2 Å². The molecule has 1 amide bonds. The molecule has 56 heavy (non-hydrogen) atoms. The average molecular weight is 795 g/mol. The molecule has 7 rings (SSSR count). The average Bonchev–Trinajstić information content (AvgIpc) is 3.92. The molecule has 2 aromatic heterocycles. The summed E-state index contributed by atoms with van der Waals surface area (Å²) >= 11 is 1.44. The Morgan fingerprint density at radius 2 is 1.88 bits per heavy atom. The Morgan fingerprint density at radius 1 is 1.12 bits per heavy atom. The van der Waals surface area contributed by atoms with Gasteiger partial charge in [0.2, 0.25) is 17.9 Å². The molecule has 3 atom stereocenters. The molecule has 0 bridgehead atoms. The van der Waals surface area contributed by atoms with Crippen molar-refractivity contribution in [3.8, 4) is 22.7 Å². The zero-order valence-corrected chi connectivity index (χ0v) is 31.2. The first-order valence-electron chi connectivity index (χ1n) is 18.2. The van der Waals surface area contributed by atoms with Crippen LogP contribution in [-0.4, -0.2) is 98.7 Å². The van der Waals surface area contributed by atoms with Crippen LogP contribution in [0.3, 0.4) is 0 Å². The summed E-state index contributed by atoms with van der Waals surface area (Å²) in [6.07, 6.45) is -3.29. The number of esters is 1. The van der Waals surface area contributed by atoms with Crippen LogP contribution in [0.25, 0.3) is 16.8 Å². The number of amides is 1. The van der Waals surface area contributed by atoms with Crippen molar-refractivity contribution in [1.82, 2.24) is 30.4 Å². The minimum atomic E-state index is -4.89. The van der Waals surface area contributed by atoms with Gasteiger partial charge in [-0.3, -0.25) is 14.4 Å². The second-order valence-electron chi connectivity index (χ2n) is 14.2. The molecule has 1 spiro atoms. The van der Waals surface area contributed by atoms with Crippen LogP contribution in [0.15, 0.2) is 60.8 Å². The largest absolute Gasteiger partial charge is 0.480 e. The normalized spacial score (nSPS) is 19.9. The van der Waals surface area contributed by atoms with Crippen LogP contribution in [0.1, 0.15) is 53.4 Å². The Bertz CT molecular complexity index is 2090. The van der Waals surface area contributed by atoms with E-state index in [-0.39, 0.29) is 45.6 Å². The summed E-state index contributed by atoms with van der Waals surface area (Å²) in [5, 5.41) is 19.5. The van der Waals surface area contributed by atoms with Crippen molar-refractivity contribution >= 4 is 41.4 Å². The molecule has 0 saturated carbocycles. The zero-order chi connectivity index (χ0) is 39.6. The Hall–Kier alpha value is -5.36. The van der Waals surface area contributed by atoms with E-state index in [9.17, 15) is 19.5 Å². The highest BCUT2D eigenvalue weighted by Gasteiger charge is 2.46. The van der Waals surface area contributed by atoms with Crippen LogP contribution in [0.4, 0.5) is 24.9 Å². The van der Waals surface area contributed by atoms with Gasteiger partial charge in [-0.25, -0.2) is 4.68 Å². The van der Waals surface area contributed by atoms with Gasteiger partial charge in [0, 0.05) is 61.7 Å². The predicted molar refractivity (Wildman–Crippen MR) is 202 cm³/mol. The summed E-state index contributed by atoms with van der Waals surface area (Å²) in [7, 11) is 0. The molecule has 5 N–H and O–H groups in total. The third-order valence-corrected chi connectivity index (χ3v) is 11.7. The van der Waals surface area contributed by atoms with Gasteiger partial charge in [-0.2, -0.15) is 28.2 Å². The number of halogens is 3. The third kappa shape index (κ3) is 8.70. The standard InChI is InChI=1S/C38H41F3N8O6S/c1-22-8-13-49(47-22)28-18-25(23-2-4-24(5-3-23)33(50)43-12-17-56-29-9-16-54-35(29)53)6-7-26(28)32(38(39,40)41)55-31-19-30(45-36(42)46-31)48-14-10-37(11-15-48)20-27(34(51)52)44-21-37/h2-8,13,18-19,27,29,32,44H,9-12,14-17,20-21H2,1H3,(H,43,50)(H,51,52)(H2,42,45,46)/t27?,29?,32-/m1/s1. The molecule has 3 aliphatic heterocycles. The van der Waals surface area contributed by atoms with Crippen LogP contribution in [0, 0.1) is 12.3 Å². The molecule has 3 fully saturated rings. The van der Waals surface area contributed by atoms with Crippen LogP contribution >= 0.6 is 11.8 Å². The molecule has 3 saturated heterocycles. The number of carboxylic acids is 1. The molecule has 0 aliphatic carbocycles. The number of piperidine rings is 1. The number of nitrogens with two attached hydrogens (primary N) is 1. The summed E-state index contributed by atoms with van der Waals surface area (Å²) < 4.78 is 57.0. The van der Waals surface area contributed by atoms with Gasteiger partial charge in [0.15, 0.2) is 0 Å². The minimum Gasteiger partial charge on any atom is -0.480 e. The van der Waals surface area contributed by atoms with Gasteiger partial charge in [0.1, 0.15) is 17.1 Å². The van der Waals surface area contributed by atoms with Crippen molar-refractivity contribution in [2.75, 3.05) is 49.2 Å². The van der Waals surface area contributed by atoms with Crippen LogP contribution in [0.5, 0.6) is 5.88 Å². The van der Waals surface area contributed by atoms with Gasteiger partial charge in [-0.15, -0.1) is 11.8 Å². The summed E-state index contributed by atoms with van der Waals surface area (Å²) in [5.74, 6) is -1.16. The van der Waals surface area contributed by atoms with E-state index in [0.717, 1.165) is 0 Å². The van der Waals surface area contributed by atoms with E-state index >= 15 is 13.2 Å². The number of nitrogens with one attached hydrogen (secondary N) is 2. The first-order valence-corrected chi connectivity index (χ1v) is 19.2. The lowest BCUT2D eigenvalue weighted by atomic mass is 9.76. The first kappa shape index (κ1) is 38.9. The van der Waals surface area contributed by atoms with Crippen molar-refractivity contribution in [3.63, 3.8) is 0 Å². The minimum absolute atomic E-state index is 0.122. The van der Waals surface area contributed by atoms with E-state index in [0.29, 0.717) is 92.4 Å². The second-order valence-corrected chi connectivity index (χ2v) is 15.6. The number of alkyl halides is 3. The number of carbonyl (C=O) groups excluding carboxylic acids is 2. The van der Waals surface area contributed by atoms with E-state index in [2.05, 4.69) is 25.7 Å². The fourth-order valence-corrected chi connectivity index (χ4v) is 8.34. The van der Waals surface area contributed by atoms with E-state index in [1.165, 1.54) is 28.6 Å². The quantitative estimate of drug-likeness (QED) is 0.114. The van der Waals surface area contributed by atoms with Gasteiger partial charge < -0.3 is 35.8 Å². The number of carbonyl (C=O) groups is 3. The lowest BCUT2D eigenvalue weighted by Gasteiger charge is -2.39. The number of nitrogens with zero attached hydrogens (tertiary/aromatic N) is 5. The number of aryl methyl sites for hydroxylation is 1.